The molecule has 0 aliphatic carbocycles. The molecule has 39 rings (SSSR count). The van der Waals surface area contributed by atoms with E-state index in [9.17, 15) is 0 Å². The molecule has 1 unspecified atom stereocenters. The number of nitrogens with zero attached hydrogens (tertiary/aromatic N) is 19. The van der Waals surface area contributed by atoms with Crippen LogP contribution in [0.3, 0.4) is 0 Å². The van der Waals surface area contributed by atoms with Crippen molar-refractivity contribution in [3.63, 3.8) is 0 Å². The Morgan fingerprint density at radius 2 is 0.409 bits per heavy atom. The zero-order valence-corrected chi connectivity index (χ0v) is 68.8. The van der Waals surface area contributed by atoms with Gasteiger partial charge in [-0.15, -0.1) is 0 Å². The Hall–Kier alpha value is -18.3. The molecular weight excluding hydrogens is 1640 g/mol. The summed E-state index contributed by atoms with van der Waals surface area (Å²) in [6.07, 6.45) is 12.9. The van der Waals surface area contributed by atoms with Crippen LogP contribution in [0.15, 0.2) is 322 Å². The molecule has 1 atom stereocenters. The summed E-state index contributed by atoms with van der Waals surface area (Å²) in [7, 11) is 0. The molecule has 0 fully saturated rings. The van der Waals surface area contributed by atoms with Gasteiger partial charge in [0.1, 0.15) is 101 Å². The molecule has 9 aliphatic rings. The highest BCUT2D eigenvalue weighted by Gasteiger charge is 2.72. The molecule has 0 N–H and O–H groups in total. The van der Waals surface area contributed by atoms with E-state index in [4.69, 9.17) is 49.1 Å². The lowest BCUT2D eigenvalue weighted by molar-refractivity contribution is -0.924. The van der Waals surface area contributed by atoms with Crippen LogP contribution in [0.1, 0.15) is 33.4 Å². The second-order valence-corrected chi connectivity index (χ2v) is 36.5. The minimum Gasteiger partial charge on any atom is -0.456 e. The molecule has 17 aromatic heterocycles. The smallest absolute Gasteiger partial charge is 0.316 e. The van der Waals surface area contributed by atoms with Gasteiger partial charge in [-0.1, -0.05) is 109 Å². The van der Waals surface area contributed by atoms with E-state index in [2.05, 4.69) is 333 Å². The van der Waals surface area contributed by atoms with E-state index in [0.29, 0.717) is 0 Å². The number of aromatic nitrogens is 19. The number of pyridine rings is 9. The van der Waals surface area contributed by atoms with Gasteiger partial charge in [0.05, 0.1) is 32.3 Å². The first-order chi connectivity index (χ1) is 65.6. The number of imidazole rings is 6. The highest BCUT2D eigenvalue weighted by molar-refractivity contribution is 6.24. The maximum atomic E-state index is 6.93. The molecule has 22 heteroatoms. The molecule has 0 saturated carbocycles. The van der Waals surface area contributed by atoms with Crippen molar-refractivity contribution in [1.29, 1.82) is 0 Å². The molecule has 600 valence electrons. The predicted molar refractivity (Wildman–Crippen MR) is 500 cm³/mol. The normalized spacial score (nSPS) is 15.9. The summed E-state index contributed by atoms with van der Waals surface area (Å²) in [5.41, 5.74) is 32.6. The van der Waals surface area contributed by atoms with E-state index in [0.717, 1.165) is 190 Å². The fraction of sp³-hybridized carbons (Fsp3) is 0.0273. The van der Waals surface area contributed by atoms with Crippen molar-refractivity contribution in [2.24, 2.45) is 0 Å². The molecule has 30 aromatic rings. The van der Waals surface area contributed by atoms with Crippen molar-refractivity contribution >= 4 is 231 Å². The van der Waals surface area contributed by atoms with E-state index < -0.39 is 17.0 Å². The summed E-state index contributed by atoms with van der Waals surface area (Å²) in [6.45, 7) is 0. The number of hydrogen-bond acceptors (Lipinski definition) is 10. The summed E-state index contributed by atoms with van der Waals surface area (Å²) in [5.74, 6) is 5.32. The van der Waals surface area contributed by atoms with Gasteiger partial charge >= 0.3 is 50.9 Å². The summed E-state index contributed by atoms with van der Waals surface area (Å²) < 4.78 is 50.3. The molecule has 132 heavy (non-hydrogen) atoms. The van der Waals surface area contributed by atoms with Crippen molar-refractivity contribution in [2.45, 2.75) is 17.0 Å². The molecule has 13 aromatic carbocycles. The molecule has 0 radical (unpaired) electrons. The number of rotatable bonds is 0. The van der Waals surface area contributed by atoms with Gasteiger partial charge in [0.15, 0.2) is 49.7 Å². The van der Waals surface area contributed by atoms with Crippen LogP contribution in [-0.4, -0.2) is 61.3 Å². The van der Waals surface area contributed by atoms with Gasteiger partial charge in [-0.25, -0.2) is 34.9 Å². The lowest BCUT2D eigenvalue weighted by atomic mass is 9.85. The van der Waals surface area contributed by atoms with E-state index in [1.54, 1.807) is 24.8 Å². The fourth-order valence-electron chi connectivity index (χ4n) is 27.4. The summed E-state index contributed by atoms with van der Waals surface area (Å²) in [6, 6.07) is 100. The standard InChI is InChI=1S/C38H19N5O.C37H18N6O.C35H16N8O/c1-3-10-24-20(8-1)22-15-17-29-33-31(22)36-40(24)26-12-5-6-13-27(26)42(36)38(33)34-30(44-29)18-16-23-21-9-2-4-11-25(21)41-35-28(14-7-19-39-35)43(38)37(41)32(23)34;1-3-9-23-19(7-1)21-13-15-27-31-29(21)35-40(23)33-25(11-5-17-38-33)42(35)37(31)32-28(44-27)16-14-22-20-8-2-4-10-24(20)41-34-26(12-6-18-39-34)43(37)36(41)30(22)32;1-3-7-21-19(5-1)40-31-29(36-13-15-38-31)17-9-11-23-27-25(17)33(40)42(21)35(27)28-24(44-23)12-10-18-26(28)34-41(32-30(18)37-14-16-39-32)20-6-2-4-8-22(20)43(34)35/h1-19H;1-18H;1-16H/q3*+2. The zero-order valence-electron chi connectivity index (χ0n) is 68.8. The maximum Gasteiger partial charge on any atom is 0.316 e. The number of ether oxygens (including phenoxy) is 3. The average molecular weight is 1690 g/mol. The van der Waals surface area contributed by atoms with Crippen molar-refractivity contribution < 1.29 is 41.6 Å². The van der Waals surface area contributed by atoms with Crippen molar-refractivity contribution in [1.82, 2.24) is 61.3 Å². The number of hydrogen-bond donors (Lipinski definition) is 0. The van der Waals surface area contributed by atoms with Crippen molar-refractivity contribution in [2.75, 3.05) is 0 Å². The van der Waals surface area contributed by atoms with Gasteiger partial charge in [0.2, 0.25) is 0 Å². The van der Waals surface area contributed by atoms with E-state index in [1.165, 1.54) is 109 Å². The Bertz CT molecular complexity index is 9660. The minimum absolute atomic E-state index is 0.703. The van der Waals surface area contributed by atoms with Gasteiger partial charge in [0, 0.05) is 97.2 Å². The monoisotopic (exact) mass is 1690 g/mol. The Morgan fingerprint density at radius 3 is 0.735 bits per heavy atom. The molecule has 0 bridgehead atoms. The van der Waals surface area contributed by atoms with E-state index in [1.807, 2.05) is 18.6 Å². The van der Waals surface area contributed by atoms with Crippen LogP contribution in [0.25, 0.3) is 231 Å². The second-order valence-electron chi connectivity index (χ2n) is 36.5. The molecular formula is C110H53N19O3+6. The number of fused-ring (bicyclic) bond motifs is 36. The first-order valence-corrected chi connectivity index (χ1v) is 44.7. The first kappa shape index (κ1) is 64.4. The van der Waals surface area contributed by atoms with Crippen LogP contribution >= 0.6 is 0 Å². The lowest BCUT2D eigenvalue weighted by Gasteiger charge is -2.30. The van der Waals surface area contributed by atoms with Crippen LogP contribution in [0.2, 0.25) is 0 Å². The Kier molecular flexibility index (Phi) is 10.1. The largest absolute Gasteiger partial charge is 0.456 e. The molecule has 3 spiro atoms. The predicted octanol–water partition coefficient (Wildman–Crippen LogP) is 18.9. The Balaban J connectivity index is 0.0000000844. The van der Waals surface area contributed by atoms with E-state index >= 15 is 0 Å². The van der Waals surface area contributed by atoms with Gasteiger partial charge in [-0.2, -0.15) is 53.8 Å². The van der Waals surface area contributed by atoms with Crippen LogP contribution < -0.4 is 41.6 Å². The van der Waals surface area contributed by atoms with Crippen LogP contribution in [0.5, 0.6) is 34.5 Å². The molecule has 22 nitrogen and oxygen atoms in total. The van der Waals surface area contributed by atoms with Gasteiger partial charge in [-0.05, 0) is 170 Å². The second kappa shape index (κ2) is 20.7. The van der Waals surface area contributed by atoms with Crippen LogP contribution in [0, 0.1) is 0 Å². The first-order valence-electron chi connectivity index (χ1n) is 44.7. The van der Waals surface area contributed by atoms with Crippen LogP contribution in [-0.2, 0) is 17.0 Å². The molecule has 0 amide bonds. The Morgan fingerprint density at radius 1 is 0.182 bits per heavy atom. The third kappa shape index (κ3) is 6.26. The van der Waals surface area contributed by atoms with Gasteiger partial charge in [-0.3, -0.25) is 0 Å². The summed E-state index contributed by atoms with van der Waals surface area (Å²) >= 11 is 0. The van der Waals surface area contributed by atoms with Crippen molar-refractivity contribution in [3.05, 3.63) is 356 Å². The van der Waals surface area contributed by atoms with E-state index in [-0.39, 0.29) is 0 Å². The third-order valence-electron chi connectivity index (χ3n) is 31.4. The molecule has 26 heterocycles. The maximum absolute atomic E-state index is 6.93. The SMILES string of the molecule is c1ccc2c(c1)c1ccc3c4c1c1n2c2ccccc2[n+]1C41c2c(ccc4c5ccccc5n5c6ncccc6[n+]1c5c24)O3.c1ccc2c(c1)c1ccc3c4c1c1n2c2ncccc2[n+]1C41c2c(ccc4c5ccccc5n5c6ncccc6[n+]1c5c24)O3.c1ccc2c(c1)n1c3nccnc3c3ccc4c5c3c1[n+]2C51c2c(ccc3c5nccnc5n5c6ccccc6[n+]1c5c23)O4. The molecule has 9 aliphatic heterocycles. The van der Waals surface area contributed by atoms with Gasteiger partial charge in [0.25, 0.3) is 28.2 Å². The van der Waals surface area contributed by atoms with Gasteiger partial charge < -0.3 is 14.2 Å². The topological polar surface area (TPSA) is 168 Å². The lowest BCUT2D eigenvalue weighted by Crippen LogP contribution is -2.71. The summed E-state index contributed by atoms with van der Waals surface area (Å²) in [5, 5.41) is 19.1. The zero-order chi connectivity index (χ0) is 84.2. The highest BCUT2D eigenvalue weighted by atomic mass is 16.5. The van der Waals surface area contributed by atoms with Crippen molar-refractivity contribution in [3.8, 4) is 34.5 Å². The quantitative estimate of drug-likeness (QED) is 0.105. The minimum atomic E-state index is -0.774. The average Bonchev–Trinajstić information content (AvgIpc) is 1.46. The Labute approximate surface area is 736 Å². The highest BCUT2D eigenvalue weighted by Crippen LogP contribution is 2.64. The number of para-hydroxylation sites is 10. The third-order valence-corrected chi connectivity index (χ3v) is 31.4. The molecule has 0 saturated heterocycles. The summed E-state index contributed by atoms with van der Waals surface area (Å²) in [4.78, 5) is 34.8. The van der Waals surface area contributed by atoms with Crippen LogP contribution in [0.4, 0.5) is 0 Å². The fourth-order valence-corrected chi connectivity index (χ4v) is 27.4. The number of benzene rings is 13.